The van der Waals surface area contributed by atoms with Gasteiger partial charge in [-0.05, 0) is 23.8 Å². The van der Waals surface area contributed by atoms with E-state index in [9.17, 15) is 16.8 Å². The highest BCUT2D eigenvalue weighted by Gasteiger charge is 2.38. The van der Waals surface area contributed by atoms with Crippen molar-refractivity contribution in [1.29, 1.82) is 0 Å². The number of sulfone groups is 1. The molecule has 1 fully saturated rings. The standard InChI is InChI=1S/C18H22N2O4S2/c1-2-25(21,22)15-9-6-10-16(11-15)26(23,24)20-12-17(18(19)13-20)14-7-4-3-5-8-14/h3-11,17-18H,2,12-13,19H2,1H3/t17-,18+/m0/s1. The summed E-state index contributed by atoms with van der Waals surface area (Å²) in [4.78, 5) is -0.00267. The lowest BCUT2D eigenvalue weighted by Gasteiger charge is -2.17. The molecule has 2 atom stereocenters. The fourth-order valence-electron chi connectivity index (χ4n) is 3.18. The Morgan fingerprint density at radius 3 is 2.27 bits per heavy atom. The average Bonchev–Trinajstić information content (AvgIpc) is 3.05. The molecule has 0 aromatic heterocycles. The number of nitrogens with two attached hydrogens (primary N) is 1. The van der Waals surface area contributed by atoms with Gasteiger partial charge in [0.1, 0.15) is 0 Å². The number of nitrogens with zero attached hydrogens (tertiary/aromatic N) is 1. The van der Waals surface area contributed by atoms with Gasteiger partial charge in [-0.3, -0.25) is 0 Å². The zero-order valence-corrected chi connectivity index (χ0v) is 16.1. The van der Waals surface area contributed by atoms with Gasteiger partial charge in [-0.25, -0.2) is 16.8 Å². The zero-order valence-electron chi connectivity index (χ0n) is 14.4. The highest BCUT2D eigenvalue weighted by Crippen LogP contribution is 2.31. The van der Waals surface area contributed by atoms with Crippen LogP contribution in [-0.2, 0) is 19.9 Å². The van der Waals surface area contributed by atoms with Crippen LogP contribution in [0.1, 0.15) is 18.4 Å². The summed E-state index contributed by atoms with van der Waals surface area (Å²) in [5, 5.41) is 0. The van der Waals surface area contributed by atoms with Gasteiger partial charge < -0.3 is 5.73 Å². The number of rotatable bonds is 5. The van der Waals surface area contributed by atoms with Crippen molar-refractivity contribution in [2.45, 2.75) is 28.7 Å². The van der Waals surface area contributed by atoms with E-state index in [0.29, 0.717) is 0 Å². The molecule has 2 aromatic carbocycles. The summed E-state index contributed by atoms with van der Waals surface area (Å²) in [6.45, 7) is 2.01. The molecule has 8 heteroatoms. The number of hydrogen-bond acceptors (Lipinski definition) is 5. The van der Waals surface area contributed by atoms with E-state index >= 15 is 0 Å². The Bertz CT molecular complexity index is 989. The smallest absolute Gasteiger partial charge is 0.243 e. The molecule has 0 bridgehead atoms. The summed E-state index contributed by atoms with van der Waals surface area (Å²) in [6.07, 6.45) is 0. The van der Waals surface area contributed by atoms with E-state index in [4.69, 9.17) is 5.73 Å². The van der Waals surface area contributed by atoms with E-state index in [1.807, 2.05) is 30.3 Å². The Kier molecular flexibility index (Phi) is 5.21. The molecule has 2 aromatic rings. The van der Waals surface area contributed by atoms with Crippen molar-refractivity contribution in [2.24, 2.45) is 5.73 Å². The Labute approximate surface area is 154 Å². The molecule has 0 radical (unpaired) electrons. The van der Waals surface area contributed by atoms with Gasteiger partial charge >= 0.3 is 0 Å². The molecule has 3 rings (SSSR count). The lowest BCUT2D eigenvalue weighted by molar-refractivity contribution is 0.470. The molecule has 0 unspecified atom stereocenters. The molecule has 0 aliphatic carbocycles. The van der Waals surface area contributed by atoms with Gasteiger partial charge in [0.25, 0.3) is 0 Å². The molecule has 6 nitrogen and oxygen atoms in total. The first-order valence-electron chi connectivity index (χ1n) is 8.39. The van der Waals surface area contributed by atoms with Crippen LogP contribution in [0.15, 0.2) is 64.4 Å². The second-order valence-electron chi connectivity index (χ2n) is 6.38. The SMILES string of the molecule is CCS(=O)(=O)c1cccc(S(=O)(=O)N2C[C@@H](N)[C@H](c3ccccc3)C2)c1. The molecule has 0 saturated carbocycles. The number of benzene rings is 2. The van der Waals surface area contributed by atoms with Crippen molar-refractivity contribution in [1.82, 2.24) is 4.31 Å². The molecule has 0 spiro atoms. The van der Waals surface area contributed by atoms with Crippen LogP contribution >= 0.6 is 0 Å². The number of hydrogen-bond donors (Lipinski definition) is 1. The Morgan fingerprint density at radius 2 is 1.62 bits per heavy atom. The average molecular weight is 395 g/mol. The molecule has 2 N–H and O–H groups in total. The van der Waals surface area contributed by atoms with Gasteiger partial charge in [-0.2, -0.15) is 4.31 Å². The monoisotopic (exact) mass is 394 g/mol. The normalized spacial score (nSPS) is 21.8. The van der Waals surface area contributed by atoms with Gasteiger partial charge in [0, 0.05) is 25.0 Å². The predicted octanol–water partition coefficient (Wildman–Crippen LogP) is 1.60. The van der Waals surface area contributed by atoms with E-state index in [1.165, 1.54) is 35.5 Å². The predicted molar refractivity (Wildman–Crippen MR) is 100 cm³/mol. The molecule has 1 aliphatic heterocycles. The third-order valence-corrected chi connectivity index (χ3v) is 8.30. The van der Waals surface area contributed by atoms with E-state index in [1.54, 1.807) is 0 Å². The van der Waals surface area contributed by atoms with E-state index in [2.05, 4.69) is 0 Å². The fraction of sp³-hybridized carbons (Fsp3) is 0.333. The highest BCUT2D eigenvalue weighted by atomic mass is 32.2. The molecule has 140 valence electrons. The van der Waals surface area contributed by atoms with E-state index < -0.39 is 19.9 Å². The molecule has 1 aliphatic rings. The van der Waals surface area contributed by atoms with Crippen LogP contribution < -0.4 is 5.73 Å². The third-order valence-electron chi connectivity index (χ3n) is 4.74. The van der Waals surface area contributed by atoms with Crippen LogP contribution in [0.25, 0.3) is 0 Å². The van der Waals surface area contributed by atoms with Gasteiger partial charge in [-0.15, -0.1) is 0 Å². The highest BCUT2D eigenvalue weighted by molar-refractivity contribution is 7.91. The van der Waals surface area contributed by atoms with Gasteiger partial charge in [-0.1, -0.05) is 43.3 Å². The molecule has 26 heavy (non-hydrogen) atoms. The second-order valence-corrected chi connectivity index (χ2v) is 10.6. The first kappa shape index (κ1) is 19.0. The lowest BCUT2D eigenvalue weighted by Crippen LogP contribution is -2.32. The first-order valence-corrected chi connectivity index (χ1v) is 11.5. The Morgan fingerprint density at radius 1 is 0.962 bits per heavy atom. The lowest BCUT2D eigenvalue weighted by atomic mass is 9.95. The maximum Gasteiger partial charge on any atom is 0.243 e. The van der Waals surface area contributed by atoms with Crippen LogP contribution in [0, 0.1) is 0 Å². The van der Waals surface area contributed by atoms with Gasteiger partial charge in [0.05, 0.1) is 15.5 Å². The van der Waals surface area contributed by atoms with Crippen LogP contribution in [0.5, 0.6) is 0 Å². The van der Waals surface area contributed by atoms with E-state index in [-0.39, 0.29) is 40.6 Å². The van der Waals surface area contributed by atoms with Crippen molar-refractivity contribution in [3.63, 3.8) is 0 Å². The van der Waals surface area contributed by atoms with E-state index in [0.717, 1.165) is 5.56 Å². The minimum atomic E-state index is -3.81. The Hall–Kier alpha value is -1.74. The van der Waals surface area contributed by atoms with Crippen molar-refractivity contribution in [2.75, 3.05) is 18.8 Å². The summed E-state index contributed by atoms with van der Waals surface area (Å²) >= 11 is 0. The molecular formula is C18H22N2O4S2. The van der Waals surface area contributed by atoms with Gasteiger partial charge in [0.15, 0.2) is 9.84 Å². The Balaban J connectivity index is 1.91. The minimum absolute atomic E-state index is 0.0178. The summed E-state index contributed by atoms with van der Waals surface area (Å²) < 4.78 is 51.5. The summed E-state index contributed by atoms with van der Waals surface area (Å²) in [7, 11) is -7.29. The molecule has 1 saturated heterocycles. The van der Waals surface area contributed by atoms with Crippen LogP contribution in [0.4, 0.5) is 0 Å². The first-order chi connectivity index (χ1) is 12.3. The maximum atomic E-state index is 13.0. The summed E-state index contributed by atoms with van der Waals surface area (Å²) in [6, 6.07) is 14.8. The van der Waals surface area contributed by atoms with Crippen LogP contribution in [0.2, 0.25) is 0 Å². The van der Waals surface area contributed by atoms with Crippen LogP contribution in [-0.4, -0.2) is 46.0 Å². The quantitative estimate of drug-likeness (QED) is 0.831. The summed E-state index contributed by atoms with van der Waals surface area (Å²) in [5.74, 6) is -0.171. The van der Waals surface area contributed by atoms with Crippen LogP contribution in [0.3, 0.4) is 0 Å². The topological polar surface area (TPSA) is 97.5 Å². The van der Waals surface area contributed by atoms with Crippen molar-refractivity contribution in [3.05, 3.63) is 60.2 Å². The largest absolute Gasteiger partial charge is 0.326 e. The van der Waals surface area contributed by atoms with Gasteiger partial charge in [0.2, 0.25) is 10.0 Å². The fourth-order valence-corrected chi connectivity index (χ4v) is 5.73. The molecule has 0 amide bonds. The minimum Gasteiger partial charge on any atom is -0.326 e. The third kappa shape index (κ3) is 3.55. The zero-order chi connectivity index (χ0) is 18.9. The van der Waals surface area contributed by atoms with Crippen molar-refractivity contribution in [3.8, 4) is 0 Å². The second kappa shape index (κ2) is 7.11. The van der Waals surface area contributed by atoms with Crippen molar-refractivity contribution >= 4 is 19.9 Å². The van der Waals surface area contributed by atoms with Crippen molar-refractivity contribution < 1.29 is 16.8 Å². The number of sulfonamides is 1. The molecule has 1 heterocycles. The maximum absolute atomic E-state index is 13.0. The molecular weight excluding hydrogens is 372 g/mol. The summed E-state index contributed by atoms with van der Waals surface area (Å²) in [5.41, 5.74) is 7.19.